The first kappa shape index (κ1) is 17.2. The van der Waals surface area contributed by atoms with E-state index in [0.29, 0.717) is 17.7 Å². The van der Waals surface area contributed by atoms with Crippen LogP contribution >= 0.6 is 0 Å². The summed E-state index contributed by atoms with van der Waals surface area (Å²) in [6.07, 6.45) is 3.58. The van der Waals surface area contributed by atoms with Gasteiger partial charge in [0.25, 0.3) is 0 Å². The van der Waals surface area contributed by atoms with Crippen molar-refractivity contribution in [3.63, 3.8) is 0 Å². The van der Waals surface area contributed by atoms with E-state index in [1.807, 2.05) is 19.9 Å². The second kappa shape index (κ2) is 6.72. The molecule has 1 heterocycles. The van der Waals surface area contributed by atoms with E-state index in [-0.39, 0.29) is 6.54 Å². The highest BCUT2D eigenvalue weighted by molar-refractivity contribution is 6.39. The van der Waals surface area contributed by atoms with Crippen molar-refractivity contribution in [1.29, 1.82) is 0 Å². The van der Waals surface area contributed by atoms with E-state index in [2.05, 4.69) is 10.6 Å². The molecule has 1 unspecified atom stereocenters. The van der Waals surface area contributed by atoms with Gasteiger partial charge in [-0.15, -0.1) is 0 Å². The topological polar surface area (TPSA) is 91.6 Å². The average Bonchev–Trinajstić information content (AvgIpc) is 3.02. The van der Waals surface area contributed by atoms with Crippen LogP contribution in [0.1, 0.15) is 35.3 Å². The van der Waals surface area contributed by atoms with Crippen LogP contribution in [0.3, 0.4) is 0 Å². The van der Waals surface area contributed by atoms with E-state index in [9.17, 15) is 14.7 Å². The summed E-state index contributed by atoms with van der Waals surface area (Å²) in [5.41, 5.74) is 2.07. The molecule has 6 heteroatoms. The van der Waals surface area contributed by atoms with E-state index in [1.165, 1.54) is 6.26 Å². The van der Waals surface area contributed by atoms with Gasteiger partial charge in [0, 0.05) is 17.7 Å². The molecule has 1 aliphatic carbocycles. The SMILES string of the molecule is Cc1cc(C)cc(NC(=O)C(=O)NCC2(O)CCCc3occc32)c1. The molecule has 1 atom stereocenters. The summed E-state index contributed by atoms with van der Waals surface area (Å²) in [4.78, 5) is 24.2. The van der Waals surface area contributed by atoms with Crippen LogP contribution in [0.4, 0.5) is 5.69 Å². The van der Waals surface area contributed by atoms with Crippen molar-refractivity contribution in [3.05, 3.63) is 53.0 Å². The fraction of sp³-hybridized carbons (Fsp3) is 0.368. The van der Waals surface area contributed by atoms with Gasteiger partial charge in [-0.05, 0) is 56.0 Å². The molecule has 2 aromatic rings. The lowest BCUT2D eigenvalue weighted by molar-refractivity contribution is -0.137. The van der Waals surface area contributed by atoms with Crippen LogP contribution in [0.2, 0.25) is 0 Å². The quantitative estimate of drug-likeness (QED) is 0.746. The number of carbonyl (C=O) groups is 2. The summed E-state index contributed by atoms with van der Waals surface area (Å²) in [6.45, 7) is 3.81. The third kappa shape index (κ3) is 3.74. The molecule has 0 saturated carbocycles. The summed E-state index contributed by atoms with van der Waals surface area (Å²) in [5, 5.41) is 15.9. The maximum Gasteiger partial charge on any atom is 0.313 e. The number of furan rings is 1. The molecule has 2 amide bonds. The van der Waals surface area contributed by atoms with Crippen molar-refractivity contribution in [2.45, 2.75) is 38.7 Å². The fourth-order valence-electron chi connectivity index (χ4n) is 3.35. The molecule has 0 aliphatic heterocycles. The Morgan fingerprint density at radius 1 is 1.20 bits per heavy atom. The van der Waals surface area contributed by atoms with Gasteiger partial charge in [0.05, 0.1) is 12.8 Å². The Hall–Kier alpha value is -2.60. The normalized spacial score (nSPS) is 19.2. The van der Waals surface area contributed by atoms with Gasteiger partial charge < -0.3 is 20.2 Å². The Balaban J connectivity index is 1.62. The molecule has 3 N–H and O–H groups in total. The Kier molecular flexibility index (Phi) is 4.63. The van der Waals surface area contributed by atoms with Crippen LogP contribution in [-0.4, -0.2) is 23.5 Å². The molecule has 1 aliphatic rings. The summed E-state index contributed by atoms with van der Waals surface area (Å²) in [6, 6.07) is 7.29. The molecular formula is C19H22N2O4. The van der Waals surface area contributed by atoms with Crippen LogP contribution in [0.5, 0.6) is 0 Å². The number of carbonyl (C=O) groups excluding carboxylic acids is 2. The number of hydrogen-bond donors (Lipinski definition) is 3. The van der Waals surface area contributed by atoms with Gasteiger partial charge in [0.1, 0.15) is 11.4 Å². The maximum absolute atomic E-state index is 12.1. The Morgan fingerprint density at radius 2 is 1.92 bits per heavy atom. The molecular weight excluding hydrogens is 320 g/mol. The molecule has 3 rings (SSSR count). The standard InChI is InChI=1S/C19H22N2O4/c1-12-8-13(2)10-14(9-12)21-18(23)17(22)20-11-19(24)6-3-4-16-15(19)5-7-25-16/h5,7-10,24H,3-4,6,11H2,1-2H3,(H,20,22)(H,21,23). The van der Waals surface area contributed by atoms with E-state index in [4.69, 9.17) is 4.42 Å². The zero-order chi connectivity index (χ0) is 18.0. The summed E-state index contributed by atoms with van der Waals surface area (Å²) in [7, 11) is 0. The average molecular weight is 342 g/mol. The lowest BCUT2D eigenvalue weighted by atomic mass is 9.83. The molecule has 1 aromatic carbocycles. The van der Waals surface area contributed by atoms with E-state index in [1.54, 1.807) is 18.2 Å². The highest BCUT2D eigenvalue weighted by Crippen LogP contribution is 2.35. The number of aliphatic hydroxyl groups is 1. The van der Waals surface area contributed by atoms with Gasteiger partial charge in [-0.25, -0.2) is 0 Å². The highest BCUT2D eigenvalue weighted by Gasteiger charge is 2.37. The molecule has 0 bridgehead atoms. The Morgan fingerprint density at radius 3 is 2.64 bits per heavy atom. The van der Waals surface area contributed by atoms with Crippen LogP contribution < -0.4 is 10.6 Å². The largest absolute Gasteiger partial charge is 0.469 e. The van der Waals surface area contributed by atoms with Crippen LogP contribution in [0.15, 0.2) is 34.9 Å². The number of amides is 2. The van der Waals surface area contributed by atoms with E-state index in [0.717, 1.165) is 29.7 Å². The third-order valence-electron chi connectivity index (χ3n) is 4.47. The highest BCUT2D eigenvalue weighted by atomic mass is 16.3. The summed E-state index contributed by atoms with van der Waals surface area (Å²) >= 11 is 0. The Bertz CT molecular complexity index is 791. The monoisotopic (exact) mass is 342 g/mol. The molecule has 0 fully saturated rings. The summed E-state index contributed by atoms with van der Waals surface area (Å²) in [5.74, 6) is -0.789. The predicted octanol–water partition coefficient (Wildman–Crippen LogP) is 2.18. The van der Waals surface area contributed by atoms with Crippen molar-refractivity contribution >= 4 is 17.5 Å². The lowest BCUT2D eigenvalue weighted by Gasteiger charge is -2.31. The smallest absolute Gasteiger partial charge is 0.313 e. The van der Waals surface area contributed by atoms with Gasteiger partial charge >= 0.3 is 11.8 Å². The fourth-order valence-corrected chi connectivity index (χ4v) is 3.35. The first-order valence-electron chi connectivity index (χ1n) is 8.34. The van der Waals surface area contributed by atoms with Crippen LogP contribution in [0.25, 0.3) is 0 Å². The number of nitrogens with one attached hydrogen (secondary N) is 2. The minimum atomic E-state index is -1.20. The van der Waals surface area contributed by atoms with Crippen molar-refractivity contribution in [3.8, 4) is 0 Å². The molecule has 6 nitrogen and oxygen atoms in total. The molecule has 25 heavy (non-hydrogen) atoms. The van der Waals surface area contributed by atoms with Crippen molar-refractivity contribution < 1.29 is 19.1 Å². The van der Waals surface area contributed by atoms with Crippen molar-refractivity contribution in [1.82, 2.24) is 5.32 Å². The molecule has 0 spiro atoms. The number of rotatable bonds is 3. The van der Waals surface area contributed by atoms with Crippen LogP contribution in [-0.2, 0) is 21.6 Å². The number of anilines is 1. The lowest BCUT2D eigenvalue weighted by Crippen LogP contribution is -2.45. The number of benzene rings is 1. The minimum absolute atomic E-state index is 0.0291. The second-order valence-electron chi connectivity index (χ2n) is 6.66. The first-order valence-corrected chi connectivity index (χ1v) is 8.34. The summed E-state index contributed by atoms with van der Waals surface area (Å²) < 4.78 is 5.36. The molecule has 0 saturated heterocycles. The van der Waals surface area contributed by atoms with Gasteiger partial charge in [-0.2, -0.15) is 0 Å². The van der Waals surface area contributed by atoms with Crippen LogP contribution in [0, 0.1) is 13.8 Å². The Labute approximate surface area is 146 Å². The minimum Gasteiger partial charge on any atom is -0.469 e. The zero-order valence-electron chi connectivity index (χ0n) is 14.4. The van der Waals surface area contributed by atoms with Crippen molar-refractivity contribution in [2.24, 2.45) is 0 Å². The van der Waals surface area contributed by atoms with Gasteiger partial charge in [-0.3, -0.25) is 9.59 Å². The third-order valence-corrected chi connectivity index (χ3v) is 4.47. The van der Waals surface area contributed by atoms with Gasteiger partial charge in [0.2, 0.25) is 0 Å². The number of fused-ring (bicyclic) bond motifs is 1. The molecule has 1 aromatic heterocycles. The zero-order valence-corrected chi connectivity index (χ0v) is 14.4. The second-order valence-corrected chi connectivity index (χ2v) is 6.66. The van der Waals surface area contributed by atoms with Gasteiger partial charge in [-0.1, -0.05) is 6.07 Å². The predicted molar refractivity (Wildman–Crippen MR) is 93.1 cm³/mol. The number of aryl methyl sites for hydroxylation is 3. The molecule has 132 valence electrons. The maximum atomic E-state index is 12.1. The van der Waals surface area contributed by atoms with E-state index < -0.39 is 17.4 Å². The molecule has 0 radical (unpaired) electrons. The van der Waals surface area contributed by atoms with E-state index >= 15 is 0 Å². The number of hydrogen-bond acceptors (Lipinski definition) is 4. The van der Waals surface area contributed by atoms with Crippen molar-refractivity contribution in [2.75, 3.05) is 11.9 Å². The van der Waals surface area contributed by atoms with Gasteiger partial charge in [0.15, 0.2) is 0 Å². The first-order chi connectivity index (χ1) is 11.9.